The predicted molar refractivity (Wildman–Crippen MR) is 93.2 cm³/mol. The Morgan fingerprint density at radius 3 is 2.68 bits per heavy atom. The first kappa shape index (κ1) is 16.5. The molecule has 0 fully saturated rings. The number of urea groups is 1. The number of hydrogen-bond acceptors (Lipinski definition) is 5. The SMILES string of the molecule is CCOc1ccc(NC(=O)NCc2nccnc2-c2ccco2)cc1. The number of hydrogen-bond donors (Lipinski definition) is 2. The summed E-state index contributed by atoms with van der Waals surface area (Å²) in [6.45, 7) is 2.75. The van der Waals surface area contributed by atoms with Gasteiger partial charge in [0.15, 0.2) is 5.76 Å². The van der Waals surface area contributed by atoms with Crippen molar-refractivity contribution in [2.75, 3.05) is 11.9 Å². The third-order valence-corrected chi connectivity index (χ3v) is 3.37. The van der Waals surface area contributed by atoms with Gasteiger partial charge in [-0.05, 0) is 43.3 Å². The number of aromatic nitrogens is 2. The molecule has 0 aliphatic rings. The van der Waals surface area contributed by atoms with Gasteiger partial charge in [0.25, 0.3) is 0 Å². The lowest BCUT2D eigenvalue weighted by Crippen LogP contribution is -2.28. The topological polar surface area (TPSA) is 89.3 Å². The van der Waals surface area contributed by atoms with Crippen LogP contribution in [0.25, 0.3) is 11.5 Å². The number of nitrogens with zero attached hydrogens (tertiary/aromatic N) is 2. The summed E-state index contributed by atoms with van der Waals surface area (Å²) in [5.41, 5.74) is 1.90. The van der Waals surface area contributed by atoms with Crippen molar-refractivity contribution in [3.8, 4) is 17.2 Å². The lowest BCUT2D eigenvalue weighted by molar-refractivity contribution is 0.251. The zero-order valence-corrected chi connectivity index (χ0v) is 13.7. The molecule has 0 unspecified atom stereocenters. The first-order valence-corrected chi connectivity index (χ1v) is 7.87. The Bertz CT molecular complexity index is 817. The fraction of sp³-hybridized carbons (Fsp3) is 0.167. The third kappa shape index (κ3) is 4.35. The van der Waals surface area contributed by atoms with Gasteiger partial charge in [-0.3, -0.25) is 4.98 Å². The highest BCUT2D eigenvalue weighted by Gasteiger charge is 2.11. The number of amides is 2. The summed E-state index contributed by atoms with van der Waals surface area (Å²) in [5, 5.41) is 5.52. The molecule has 0 aliphatic heterocycles. The zero-order valence-electron chi connectivity index (χ0n) is 13.7. The summed E-state index contributed by atoms with van der Waals surface area (Å²) in [5.74, 6) is 1.37. The van der Waals surface area contributed by atoms with Gasteiger partial charge >= 0.3 is 6.03 Å². The van der Waals surface area contributed by atoms with E-state index in [4.69, 9.17) is 9.15 Å². The van der Waals surface area contributed by atoms with Gasteiger partial charge < -0.3 is 19.8 Å². The Kier molecular flexibility index (Phi) is 5.26. The Balaban J connectivity index is 1.59. The molecule has 2 amide bonds. The van der Waals surface area contributed by atoms with E-state index < -0.39 is 0 Å². The van der Waals surface area contributed by atoms with Crippen LogP contribution in [0.2, 0.25) is 0 Å². The van der Waals surface area contributed by atoms with Crippen molar-refractivity contribution >= 4 is 11.7 Å². The summed E-state index contributed by atoms with van der Waals surface area (Å²) in [6, 6.07) is 10.4. The van der Waals surface area contributed by atoms with Gasteiger partial charge in [0.2, 0.25) is 0 Å². The number of rotatable bonds is 6. The maximum Gasteiger partial charge on any atom is 0.319 e. The number of carbonyl (C=O) groups is 1. The maximum absolute atomic E-state index is 12.1. The van der Waals surface area contributed by atoms with Crippen LogP contribution in [-0.2, 0) is 6.54 Å². The largest absolute Gasteiger partial charge is 0.494 e. The lowest BCUT2D eigenvalue weighted by atomic mass is 10.2. The minimum Gasteiger partial charge on any atom is -0.494 e. The van der Waals surface area contributed by atoms with Crippen LogP contribution >= 0.6 is 0 Å². The molecule has 7 heteroatoms. The maximum atomic E-state index is 12.1. The molecule has 0 aliphatic carbocycles. The van der Waals surface area contributed by atoms with Crippen molar-refractivity contribution < 1.29 is 13.9 Å². The molecule has 0 bridgehead atoms. The second kappa shape index (κ2) is 7.96. The molecule has 0 saturated carbocycles. The summed E-state index contributed by atoms with van der Waals surface area (Å²) >= 11 is 0. The van der Waals surface area contributed by atoms with Crippen molar-refractivity contribution in [2.24, 2.45) is 0 Å². The summed E-state index contributed by atoms with van der Waals surface area (Å²) in [7, 11) is 0. The van der Waals surface area contributed by atoms with E-state index in [2.05, 4.69) is 20.6 Å². The van der Waals surface area contributed by atoms with Crippen LogP contribution in [-0.4, -0.2) is 22.6 Å². The molecule has 2 aromatic heterocycles. The van der Waals surface area contributed by atoms with Crippen LogP contribution in [0, 0.1) is 0 Å². The molecule has 0 atom stereocenters. The standard InChI is InChI=1S/C18H18N4O3/c1-2-24-14-7-5-13(6-8-14)22-18(23)21-12-15-17(20-10-9-19-15)16-4-3-11-25-16/h3-11H,2,12H2,1H3,(H2,21,22,23). The first-order valence-electron chi connectivity index (χ1n) is 7.87. The minimum absolute atomic E-state index is 0.229. The van der Waals surface area contributed by atoms with E-state index in [0.717, 1.165) is 5.75 Å². The Morgan fingerprint density at radius 1 is 1.16 bits per heavy atom. The van der Waals surface area contributed by atoms with Crippen LogP contribution in [0.5, 0.6) is 5.75 Å². The zero-order chi connectivity index (χ0) is 17.5. The Hall–Kier alpha value is -3.35. The smallest absolute Gasteiger partial charge is 0.319 e. The van der Waals surface area contributed by atoms with Gasteiger partial charge in [-0.1, -0.05) is 0 Å². The molecule has 1 aromatic carbocycles. The molecule has 0 spiro atoms. The van der Waals surface area contributed by atoms with E-state index in [0.29, 0.717) is 29.4 Å². The van der Waals surface area contributed by atoms with Gasteiger partial charge in [0.1, 0.15) is 11.4 Å². The highest BCUT2D eigenvalue weighted by Crippen LogP contribution is 2.20. The van der Waals surface area contributed by atoms with E-state index in [9.17, 15) is 4.79 Å². The van der Waals surface area contributed by atoms with Crippen molar-refractivity contribution in [3.05, 3.63) is 60.7 Å². The van der Waals surface area contributed by atoms with E-state index >= 15 is 0 Å². The molecule has 128 valence electrons. The Labute approximate surface area is 145 Å². The minimum atomic E-state index is -0.333. The van der Waals surface area contributed by atoms with E-state index in [-0.39, 0.29) is 12.6 Å². The number of carbonyl (C=O) groups excluding carboxylic acids is 1. The molecular weight excluding hydrogens is 320 g/mol. The van der Waals surface area contributed by atoms with Crippen LogP contribution in [0.15, 0.2) is 59.5 Å². The highest BCUT2D eigenvalue weighted by molar-refractivity contribution is 5.89. The van der Waals surface area contributed by atoms with Gasteiger partial charge in [0.05, 0.1) is 25.1 Å². The van der Waals surface area contributed by atoms with Crippen molar-refractivity contribution in [2.45, 2.75) is 13.5 Å². The highest BCUT2D eigenvalue weighted by atomic mass is 16.5. The van der Waals surface area contributed by atoms with Crippen molar-refractivity contribution in [3.63, 3.8) is 0 Å². The fourth-order valence-corrected chi connectivity index (χ4v) is 2.26. The molecule has 0 radical (unpaired) electrons. The average molecular weight is 338 g/mol. The Morgan fingerprint density at radius 2 is 1.96 bits per heavy atom. The van der Waals surface area contributed by atoms with Crippen molar-refractivity contribution in [1.29, 1.82) is 0 Å². The first-order chi connectivity index (χ1) is 12.3. The van der Waals surface area contributed by atoms with Crippen LogP contribution in [0.1, 0.15) is 12.6 Å². The number of anilines is 1. The fourth-order valence-electron chi connectivity index (χ4n) is 2.26. The molecule has 2 heterocycles. The van der Waals surface area contributed by atoms with Crippen molar-refractivity contribution in [1.82, 2.24) is 15.3 Å². The van der Waals surface area contributed by atoms with E-state index in [1.807, 2.05) is 6.92 Å². The van der Waals surface area contributed by atoms with Crippen LogP contribution < -0.4 is 15.4 Å². The van der Waals surface area contributed by atoms with Gasteiger partial charge in [-0.2, -0.15) is 0 Å². The number of furan rings is 1. The predicted octanol–water partition coefficient (Wildman–Crippen LogP) is 3.46. The molecule has 3 rings (SSSR count). The number of nitrogens with one attached hydrogen (secondary N) is 2. The van der Waals surface area contributed by atoms with Gasteiger partial charge in [-0.25, -0.2) is 9.78 Å². The average Bonchev–Trinajstić information content (AvgIpc) is 3.17. The monoisotopic (exact) mass is 338 g/mol. The molecule has 3 aromatic rings. The summed E-state index contributed by atoms with van der Waals surface area (Å²) in [6.07, 6.45) is 4.73. The second-order valence-electron chi connectivity index (χ2n) is 5.09. The molecular formula is C18H18N4O3. The van der Waals surface area contributed by atoms with Crippen LogP contribution in [0.3, 0.4) is 0 Å². The summed E-state index contributed by atoms with van der Waals surface area (Å²) < 4.78 is 10.7. The molecule has 25 heavy (non-hydrogen) atoms. The summed E-state index contributed by atoms with van der Waals surface area (Å²) in [4.78, 5) is 20.6. The lowest BCUT2D eigenvalue weighted by Gasteiger charge is -2.09. The molecule has 2 N–H and O–H groups in total. The molecule has 7 nitrogen and oxygen atoms in total. The third-order valence-electron chi connectivity index (χ3n) is 3.37. The van der Waals surface area contributed by atoms with Gasteiger partial charge in [0, 0.05) is 18.1 Å². The van der Waals surface area contributed by atoms with E-state index in [1.54, 1.807) is 55.1 Å². The normalized spacial score (nSPS) is 10.3. The second-order valence-corrected chi connectivity index (χ2v) is 5.09. The number of benzene rings is 1. The van der Waals surface area contributed by atoms with Gasteiger partial charge in [-0.15, -0.1) is 0 Å². The van der Waals surface area contributed by atoms with Crippen LogP contribution in [0.4, 0.5) is 10.5 Å². The number of ether oxygens (including phenoxy) is 1. The molecule has 0 saturated heterocycles. The van der Waals surface area contributed by atoms with E-state index in [1.165, 1.54) is 0 Å². The quantitative estimate of drug-likeness (QED) is 0.718.